The third-order valence-electron chi connectivity index (χ3n) is 6.10. The van der Waals surface area contributed by atoms with Crippen LogP contribution in [-0.2, 0) is 33.4 Å². The van der Waals surface area contributed by atoms with Gasteiger partial charge in [-0.05, 0) is 30.5 Å². The van der Waals surface area contributed by atoms with Gasteiger partial charge in [-0.1, -0.05) is 18.1 Å². The van der Waals surface area contributed by atoms with Crippen molar-refractivity contribution in [3.8, 4) is 18.1 Å². The summed E-state index contributed by atoms with van der Waals surface area (Å²) in [5.74, 6) is 0.282. The Kier molecular flexibility index (Phi) is 5.96. The van der Waals surface area contributed by atoms with Crippen molar-refractivity contribution in [3.05, 3.63) is 47.3 Å². The van der Waals surface area contributed by atoms with Crippen LogP contribution in [0, 0.1) is 12.3 Å². The molecule has 9 nitrogen and oxygen atoms in total. The number of benzene rings is 1. The van der Waals surface area contributed by atoms with E-state index in [0.717, 1.165) is 12.1 Å². The number of terminal acetylenes is 1. The molecular formula is C23H22F3N5O4. The zero-order chi connectivity index (χ0) is 25.5. The molecule has 0 spiro atoms. The normalized spacial score (nSPS) is 18.8. The number of ether oxygens (including phenoxy) is 1. The van der Waals surface area contributed by atoms with Crippen molar-refractivity contribution in [1.82, 2.24) is 20.0 Å². The second-order valence-corrected chi connectivity index (χ2v) is 8.59. The fourth-order valence-electron chi connectivity index (χ4n) is 4.40. The minimum atomic E-state index is -4.82. The van der Waals surface area contributed by atoms with E-state index in [-0.39, 0.29) is 18.9 Å². The molecule has 0 radical (unpaired) electrons. The molecule has 2 atom stereocenters. The minimum absolute atomic E-state index is 0.0701. The third-order valence-corrected chi connectivity index (χ3v) is 6.10. The Morgan fingerprint density at radius 3 is 2.51 bits per heavy atom. The standard InChI is InChI=1S/C23H22F3N5O4/c1-3-14(10-18(27)32)28-20(33)19-16-11-30(2)29-17(16)12-31(19)21(34)22(8-9-22)13-4-6-15(7-5-13)35-23(24,25)26/h1,4-7,11,14,19H,8-10,12H2,2H3,(H2,27,32)(H,28,33)/t14-,19+/m1/s1. The Morgan fingerprint density at radius 2 is 1.97 bits per heavy atom. The summed E-state index contributed by atoms with van der Waals surface area (Å²) in [4.78, 5) is 39.6. The first-order valence-corrected chi connectivity index (χ1v) is 10.7. The predicted octanol–water partition coefficient (Wildman–Crippen LogP) is 1.43. The average Bonchev–Trinajstić information content (AvgIpc) is 3.39. The molecule has 3 amide bonds. The number of rotatable bonds is 7. The van der Waals surface area contributed by atoms with Crippen LogP contribution in [0.5, 0.6) is 5.75 Å². The minimum Gasteiger partial charge on any atom is -0.406 e. The fourth-order valence-corrected chi connectivity index (χ4v) is 4.40. The Morgan fingerprint density at radius 1 is 1.31 bits per heavy atom. The lowest BCUT2D eigenvalue weighted by atomic mass is 9.93. The molecule has 1 aromatic heterocycles. The van der Waals surface area contributed by atoms with Crippen LogP contribution in [0.4, 0.5) is 13.2 Å². The van der Waals surface area contributed by atoms with Crippen molar-refractivity contribution >= 4 is 17.7 Å². The molecule has 1 aliphatic heterocycles. The summed E-state index contributed by atoms with van der Waals surface area (Å²) in [5.41, 5.74) is 5.81. The van der Waals surface area contributed by atoms with Gasteiger partial charge in [0.05, 0.1) is 30.1 Å². The highest BCUT2D eigenvalue weighted by Crippen LogP contribution is 2.52. The van der Waals surface area contributed by atoms with Crippen molar-refractivity contribution < 1.29 is 32.3 Å². The van der Waals surface area contributed by atoms with Gasteiger partial charge < -0.3 is 20.7 Å². The number of nitrogens with one attached hydrogen (secondary N) is 1. The van der Waals surface area contributed by atoms with Gasteiger partial charge in [0.1, 0.15) is 11.8 Å². The monoisotopic (exact) mass is 489 g/mol. The van der Waals surface area contributed by atoms with Crippen molar-refractivity contribution in [2.75, 3.05) is 0 Å². The van der Waals surface area contributed by atoms with E-state index in [1.165, 1.54) is 21.7 Å². The molecule has 0 bridgehead atoms. The number of aromatic nitrogens is 2. The molecule has 3 N–H and O–H groups in total. The molecule has 0 saturated heterocycles. The summed E-state index contributed by atoms with van der Waals surface area (Å²) in [6.07, 6.45) is 2.90. The van der Waals surface area contributed by atoms with E-state index in [2.05, 4.69) is 21.1 Å². The van der Waals surface area contributed by atoms with Gasteiger partial charge in [-0.3, -0.25) is 19.1 Å². The van der Waals surface area contributed by atoms with Gasteiger partial charge in [0.2, 0.25) is 17.7 Å². The Balaban J connectivity index is 1.59. The number of fused-ring (bicyclic) bond motifs is 1. The lowest BCUT2D eigenvalue weighted by Crippen LogP contribution is -2.47. The number of nitrogens with zero attached hydrogens (tertiary/aromatic N) is 3. The summed E-state index contributed by atoms with van der Waals surface area (Å²) >= 11 is 0. The third kappa shape index (κ3) is 4.80. The second kappa shape index (κ2) is 8.65. The Bertz CT molecular complexity index is 1210. The van der Waals surface area contributed by atoms with Crippen LogP contribution in [0.1, 0.15) is 42.1 Å². The molecule has 2 aliphatic rings. The van der Waals surface area contributed by atoms with Crippen LogP contribution in [0.15, 0.2) is 30.5 Å². The molecule has 1 fully saturated rings. The first-order chi connectivity index (χ1) is 16.4. The zero-order valence-corrected chi connectivity index (χ0v) is 18.6. The second-order valence-electron chi connectivity index (χ2n) is 8.59. The van der Waals surface area contributed by atoms with E-state index in [4.69, 9.17) is 12.2 Å². The van der Waals surface area contributed by atoms with Crippen LogP contribution in [0.2, 0.25) is 0 Å². The largest absolute Gasteiger partial charge is 0.573 e. The summed E-state index contributed by atoms with van der Waals surface area (Å²) < 4.78 is 42.9. The number of primary amides is 1. The highest BCUT2D eigenvalue weighted by atomic mass is 19.4. The number of halogens is 3. The van der Waals surface area contributed by atoms with Crippen LogP contribution in [0.3, 0.4) is 0 Å². The maximum absolute atomic E-state index is 13.7. The van der Waals surface area contributed by atoms with Crippen LogP contribution in [-0.4, -0.2) is 44.8 Å². The van der Waals surface area contributed by atoms with Crippen molar-refractivity contribution in [2.24, 2.45) is 12.8 Å². The topological polar surface area (TPSA) is 120 Å². The lowest BCUT2D eigenvalue weighted by molar-refractivity contribution is -0.274. The van der Waals surface area contributed by atoms with Gasteiger partial charge >= 0.3 is 6.36 Å². The van der Waals surface area contributed by atoms with E-state index in [1.807, 2.05) is 0 Å². The number of aryl methyl sites for hydroxylation is 1. The van der Waals surface area contributed by atoms with Gasteiger partial charge in [-0.15, -0.1) is 19.6 Å². The fraction of sp³-hybridized carbons (Fsp3) is 0.391. The molecule has 1 aromatic carbocycles. The molecule has 4 rings (SSSR count). The molecule has 2 heterocycles. The van der Waals surface area contributed by atoms with Crippen molar-refractivity contribution in [3.63, 3.8) is 0 Å². The SMILES string of the molecule is C#C[C@H](CC(N)=O)NC(=O)[C@@H]1c2cn(C)nc2CN1C(=O)C1(c2ccc(OC(F)(F)F)cc2)CC1. The molecule has 0 unspecified atom stereocenters. The summed E-state index contributed by atoms with van der Waals surface area (Å²) in [7, 11) is 1.68. The van der Waals surface area contributed by atoms with E-state index >= 15 is 0 Å². The summed E-state index contributed by atoms with van der Waals surface area (Å²) in [6, 6.07) is 3.16. The van der Waals surface area contributed by atoms with Crippen LogP contribution < -0.4 is 15.8 Å². The van der Waals surface area contributed by atoms with Crippen molar-refractivity contribution in [1.29, 1.82) is 0 Å². The van der Waals surface area contributed by atoms with Gasteiger partial charge in [0, 0.05) is 18.8 Å². The van der Waals surface area contributed by atoms with E-state index in [0.29, 0.717) is 29.7 Å². The molecule has 1 saturated carbocycles. The molecule has 1 aliphatic carbocycles. The highest BCUT2D eigenvalue weighted by molar-refractivity contribution is 5.97. The van der Waals surface area contributed by atoms with Crippen LogP contribution >= 0.6 is 0 Å². The molecule has 2 aromatic rings. The number of carbonyl (C=O) groups excluding carboxylic acids is 3. The number of amides is 3. The van der Waals surface area contributed by atoms with Gasteiger partial charge in [-0.2, -0.15) is 5.10 Å². The maximum Gasteiger partial charge on any atom is 0.573 e. The van der Waals surface area contributed by atoms with E-state index in [9.17, 15) is 27.6 Å². The number of hydrogen-bond donors (Lipinski definition) is 2. The quantitative estimate of drug-likeness (QED) is 0.571. The first kappa shape index (κ1) is 24.1. The molecule has 35 heavy (non-hydrogen) atoms. The Hall–Kier alpha value is -4.01. The average molecular weight is 489 g/mol. The van der Waals surface area contributed by atoms with Gasteiger partial charge in [0.15, 0.2) is 0 Å². The number of nitrogens with two attached hydrogens (primary N) is 1. The maximum atomic E-state index is 13.7. The smallest absolute Gasteiger partial charge is 0.406 e. The molecular weight excluding hydrogens is 467 g/mol. The highest BCUT2D eigenvalue weighted by Gasteiger charge is 2.56. The zero-order valence-electron chi connectivity index (χ0n) is 18.6. The van der Waals surface area contributed by atoms with Crippen LogP contribution in [0.25, 0.3) is 0 Å². The van der Waals surface area contributed by atoms with Gasteiger partial charge in [-0.25, -0.2) is 0 Å². The molecule has 184 valence electrons. The molecule has 12 heteroatoms. The number of carbonyl (C=O) groups is 3. The Labute approximate surface area is 198 Å². The van der Waals surface area contributed by atoms with Crippen molar-refractivity contribution in [2.45, 2.75) is 49.7 Å². The first-order valence-electron chi connectivity index (χ1n) is 10.7. The van der Waals surface area contributed by atoms with E-state index < -0.39 is 41.4 Å². The summed E-state index contributed by atoms with van der Waals surface area (Å²) in [6.45, 7) is 0.0701. The van der Waals surface area contributed by atoms with Gasteiger partial charge in [0.25, 0.3) is 0 Å². The summed E-state index contributed by atoms with van der Waals surface area (Å²) in [5, 5.41) is 6.92. The predicted molar refractivity (Wildman–Crippen MR) is 115 cm³/mol. The number of alkyl halides is 3. The number of hydrogen-bond acceptors (Lipinski definition) is 5. The lowest BCUT2D eigenvalue weighted by Gasteiger charge is -2.29. The van der Waals surface area contributed by atoms with E-state index in [1.54, 1.807) is 13.2 Å².